The molecule has 0 spiro atoms. The van der Waals surface area contributed by atoms with Gasteiger partial charge in [0.2, 0.25) is 0 Å². The summed E-state index contributed by atoms with van der Waals surface area (Å²) in [4.78, 5) is 2.72. The Morgan fingerprint density at radius 3 is 2.55 bits per heavy atom. The number of hydrogen-bond acceptors (Lipinski definition) is 1. The number of nitrogens with zero attached hydrogens (tertiary/aromatic N) is 1. The van der Waals surface area contributed by atoms with Gasteiger partial charge in [-0.25, -0.2) is 0 Å². The van der Waals surface area contributed by atoms with Gasteiger partial charge in [-0.2, -0.15) is 0 Å². The Bertz CT molecular complexity index is 129. The highest BCUT2D eigenvalue weighted by molar-refractivity contribution is 4.85. The summed E-state index contributed by atoms with van der Waals surface area (Å²) in [6, 6.07) is 0.992. The maximum absolute atomic E-state index is 2.72. The van der Waals surface area contributed by atoms with Crippen LogP contribution in [0.25, 0.3) is 0 Å². The van der Waals surface area contributed by atoms with E-state index in [2.05, 4.69) is 11.8 Å². The van der Waals surface area contributed by atoms with Crippen molar-refractivity contribution in [3.63, 3.8) is 0 Å². The Balaban J connectivity index is 1.79. The van der Waals surface area contributed by atoms with E-state index in [0.717, 1.165) is 12.0 Å². The second kappa shape index (κ2) is 3.14. The molecule has 1 unspecified atom stereocenters. The molecule has 2 rings (SSSR count). The molecule has 1 heteroatoms. The summed E-state index contributed by atoms with van der Waals surface area (Å²) >= 11 is 0. The minimum Gasteiger partial charge on any atom is -0.300 e. The van der Waals surface area contributed by atoms with Gasteiger partial charge in [-0.05, 0) is 31.7 Å². The fraction of sp³-hybridized carbons (Fsp3) is 1.00. The minimum absolute atomic E-state index is 0.992. The molecule has 0 aromatic carbocycles. The van der Waals surface area contributed by atoms with Gasteiger partial charge in [0, 0.05) is 12.6 Å². The van der Waals surface area contributed by atoms with E-state index in [4.69, 9.17) is 0 Å². The normalized spacial score (nSPS) is 34.1. The van der Waals surface area contributed by atoms with E-state index in [1.807, 2.05) is 0 Å². The van der Waals surface area contributed by atoms with E-state index < -0.39 is 0 Å². The van der Waals surface area contributed by atoms with Gasteiger partial charge >= 0.3 is 0 Å². The van der Waals surface area contributed by atoms with E-state index in [9.17, 15) is 0 Å². The van der Waals surface area contributed by atoms with E-state index in [0.29, 0.717) is 0 Å². The van der Waals surface area contributed by atoms with Crippen LogP contribution in [0.5, 0.6) is 0 Å². The van der Waals surface area contributed by atoms with Crippen LogP contribution < -0.4 is 0 Å². The number of rotatable bonds is 2. The van der Waals surface area contributed by atoms with E-state index in [1.165, 1.54) is 45.2 Å². The second-order valence-corrected chi connectivity index (χ2v) is 4.14. The molecule has 1 saturated heterocycles. The summed E-state index contributed by atoms with van der Waals surface area (Å²) in [6.45, 7) is 5.12. The lowest BCUT2D eigenvalue weighted by molar-refractivity contribution is 0.153. The molecule has 0 amide bonds. The lowest BCUT2D eigenvalue weighted by Gasteiger charge is -2.34. The number of hydrogen-bond donors (Lipinski definition) is 0. The van der Waals surface area contributed by atoms with E-state index >= 15 is 0 Å². The minimum atomic E-state index is 0.992. The Labute approximate surface area is 69.8 Å². The van der Waals surface area contributed by atoms with Crippen LogP contribution in [0.1, 0.15) is 39.0 Å². The van der Waals surface area contributed by atoms with Crippen molar-refractivity contribution in [1.29, 1.82) is 0 Å². The van der Waals surface area contributed by atoms with Gasteiger partial charge in [-0.15, -0.1) is 0 Å². The van der Waals surface area contributed by atoms with Crippen molar-refractivity contribution in [3.05, 3.63) is 0 Å². The molecule has 0 aromatic rings. The monoisotopic (exact) mass is 153 g/mol. The molecule has 1 aliphatic heterocycles. The van der Waals surface area contributed by atoms with E-state index in [1.54, 1.807) is 0 Å². The van der Waals surface area contributed by atoms with Crippen LogP contribution in [-0.2, 0) is 0 Å². The molecule has 1 aliphatic carbocycles. The molecule has 0 aromatic heterocycles. The third-order valence-electron chi connectivity index (χ3n) is 3.49. The largest absolute Gasteiger partial charge is 0.300 e. The van der Waals surface area contributed by atoms with Crippen molar-refractivity contribution in [2.24, 2.45) is 5.92 Å². The molecule has 0 N–H and O–H groups in total. The van der Waals surface area contributed by atoms with Gasteiger partial charge in [0.25, 0.3) is 0 Å². The SMILES string of the molecule is CCC1CCN(C2CCC2)C1. The molecule has 2 fully saturated rings. The van der Waals surface area contributed by atoms with Crippen molar-refractivity contribution in [3.8, 4) is 0 Å². The summed E-state index contributed by atoms with van der Waals surface area (Å²) in [5.74, 6) is 1.02. The Kier molecular flexibility index (Phi) is 2.17. The molecule has 1 heterocycles. The smallest absolute Gasteiger partial charge is 0.00953 e. The van der Waals surface area contributed by atoms with Gasteiger partial charge in [0.05, 0.1) is 0 Å². The molecule has 64 valence electrons. The summed E-state index contributed by atoms with van der Waals surface area (Å²) in [5, 5.41) is 0. The molecule has 1 nitrogen and oxygen atoms in total. The molecular weight excluding hydrogens is 134 g/mol. The van der Waals surface area contributed by atoms with Crippen LogP contribution in [0, 0.1) is 5.92 Å². The maximum atomic E-state index is 2.72. The van der Waals surface area contributed by atoms with Crippen LogP contribution in [0.2, 0.25) is 0 Å². The van der Waals surface area contributed by atoms with Crippen LogP contribution in [0.4, 0.5) is 0 Å². The lowest BCUT2D eigenvalue weighted by Crippen LogP contribution is -2.38. The van der Waals surface area contributed by atoms with Crippen molar-refractivity contribution in [2.45, 2.75) is 45.1 Å². The third-order valence-corrected chi connectivity index (χ3v) is 3.49. The van der Waals surface area contributed by atoms with Crippen LogP contribution in [-0.4, -0.2) is 24.0 Å². The molecule has 1 atom stereocenters. The number of likely N-dealkylation sites (tertiary alicyclic amines) is 1. The third kappa shape index (κ3) is 1.44. The summed E-state index contributed by atoms with van der Waals surface area (Å²) < 4.78 is 0. The molecule has 0 bridgehead atoms. The molecule has 2 aliphatic rings. The van der Waals surface area contributed by atoms with Crippen LogP contribution in [0.15, 0.2) is 0 Å². The average molecular weight is 153 g/mol. The highest BCUT2D eigenvalue weighted by Gasteiger charge is 2.30. The van der Waals surface area contributed by atoms with Gasteiger partial charge in [-0.1, -0.05) is 19.8 Å². The fourth-order valence-corrected chi connectivity index (χ4v) is 2.28. The molecule has 0 radical (unpaired) electrons. The highest BCUT2D eigenvalue weighted by Crippen LogP contribution is 2.30. The zero-order valence-electron chi connectivity index (χ0n) is 7.55. The first-order chi connectivity index (χ1) is 5.40. The Morgan fingerprint density at radius 1 is 1.27 bits per heavy atom. The summed E-state index contributed by atoms with van der Waals surface area (Å²) in [7, 11) is 0. The highest BCUT2D eigenvalue weighted by atomic mass is 15.2. The average Bonchev–Trinajstić information content (AvgIpc) is 2.32. The summed E-state index contributed by atoms with van der Waals surface area (Å²) in [5.41, 5.74) is 0. The quantitative estimate of drug-likeness (QED) is 0.588. The van der Waals surface area contributed by atoms with Gasteiger partial charge in [-0.3, -0.25) is 0 Å². The first-order valence-electron chi connectivity index (χ1n) is 5.14. The Morgan fingerprint density at radius 2 is 2.09 bits per heavy atom. The predicted molar refractivity (Wildman–Crippen MR) is 47.6 cm³/mol. The van der Waals surface area contributed by atoms with Crippen LogP contribution >= 0.6 is 0 Å². The van der Waals surface area contributed by atoms with Gasteiger partial charge in [0.1, 0.15) is 0 Å². The first kappa shape index (κ1) is 7.60. The van der Waals surface area contributed by atoms with Crippen LogP contribution in [0.3, 0.4) is 0 Å². The maximum Gasteiger partial charge on any atom is 0.00953 e. The van der Waals surface area contributed by atoms with Gasteiger partial charge < -0.3 is 4.90 Å². The second-order valence-electron chi connectivity index (χ2n) is 4.14. The fourth-order valence-electron chi connectivity index (χ4n) is 2.28. The molecule has 11 heavy (non-hydrogen) atoms. The van der Waals surface area contributed by atoms with E-state index in [-0.39, 0.29) is 0 Å². The van der Waals surface area contributed by atoms with Crippen molar-refractivity contribution < 1.29 is 0 Å². The topological polar surface area (TPSA) is 3.24 Å². The van der Waals surface area contributed by atoms with Crippen molar-refractivity contribution >= 4 is 0 Å². The van der Waals surface area contributed by atoms with Crippen molar-refractivity contribution in [2.75, 3.05) is 13.1 Å². The molecule has 1 saturated carbocycles. The molecular formula is C10H19N. The summed E-state index contributed by atoms with van der Waals surface area (Å²) in [6.07, 6.45) is 7.31. The zero-order valence-corrected chi connectivity index (χ0v) is 7.55. The standard InChI is InChI=1S/C10H19N/c1-2-9-6-7-11(8-9)10-4-3-5-10/h9-10H,2-8H2,1H3. The first-order valence-corrected chi connectivity index (χ1v) is 5.14. The zero-order chi connectivity index (χ0) is 7.68. The van der Waals surface area contributed by atoms with Gasteiger partial charge in [0.15, 0.2) is 0 Å². The Hall–Kier alpha value is -0.0400. The lowest BCUT2D eigenvalue weighted by atomic mass is 9.92. The predicted octanol–water partition coefficient (Wildman–Crippen LogP) is 2.27. The van der Waals surface area contributed by atoms with Crippen molar-refractivity contribution in [1.82, 2.24) is 4.90 Å².